The van der Waals surface area contributed by atoms with E-state index in [0.717, 1.165) is 22.0 Å². The van der Waals surface area contributed by atoms with Crippen molar-refractivity contribution in [2.75, 3.05) is 5.32 Å². The van der Waals surface area contributed by atoms with E-state index in [2.05, 4.69) is 20.0 Å². The first-order valence-electron chi connectivity index (χ1n) is 8.07. The lowest BCUT2D eigenvalue weighted by Gasteiger charge is -2.11. The van der Waals surface area contributed by atoms with Gasteiger partial charge < -0.3 is 10.1 Å². The molecule has 2 rings (SSSR count). The molecule has 0 aliphatic rings. The highest BCUT2D eigenvalue weighted by Gasteiger charge is 2.30. The smallest absolute Gasteiger partial charge is 0.406 e. The third-order valence-corrected chi connectivity index (χ3v) is 3.90. The van der Waals surface area contributed by atoms with Crippen LogP contribution in [0.2, 0.25) is 0 Å². The Bertz CT molecular complexity index is 861. The summed E-state index contributed by atoms with van der Waals surface area (Å²) in [6.45, 7) is 7.67. The minimum absolute atomic E-state index is 0.265. The fourth-order valence-corrected chi connectivity index (χ4v) is 2.67. The zero-order valence-corrected chi connectivity index (χ0v) is 16.2. The number of hydrogen-bond donors (Lipinski definition) is 1. The molecule has 27 heavy (non-hydrogen) atoms. The van der Waals surface area contributed by atoms with Gasteiger partial charge in [0.1, 0.15) is 5.75 Å². The third kappa shape index (κ3) is 7.26. The number of ether oxygens (including phenoxy) is 1. The molecular formula is C19H20F3N3OS. The second kappa shape index (κ2) is 8.85. The van der Waals surface area contributed by atoms with Crippen molar-refractivity contribution in [3.8, 4) is 5.75 Å². The lowest BCUT2D eigenvalue weighted by molar-refractivity contribution is -0.274. The summed E-state index contributed by atoms with van der Waals surface area (Å²) in [6, 6.07) is 5.53. The topological polar surface area (TPSA) is 46.5 Å². The molecule has 0 fully saturated rings. The van der Waals surface area contributed by atoms with Gasteiger partial charge in [0.05, 0.1) is 16.4 Å². The maximum Gasteiger partial charge on any atom is 0.573 e. The quantitative estimate of drug-likeness (QED) is 0.603. The molecule has 0 aliphatic carbocycles. The van der Waals surface area contributed by atoms with Gasteiger partial charge in [-0.3, -0.25) is 4.99 Å². The average molecular weight is 395 g/mol. The molecular weight excluding hydrogens is 375 g/mol. The molecule has 0 amide bonds. The Morgan fingerprint density at radius 3 is 2.37 bits per heavy atom. The van der Waals surface area contributed by atoms with Crippen molar-refractivity contribution in [3.05, 3.63) is 63.9 Å². The number of nitrogens with one attached hydrogen (secondary N) is 1. The third-order valence-electron chi connectivity index (χ3n) is 3.13. The van der Waals surface area contributed by atoms with Gasteiger partial charge in [0.15, 0.2) is 0 Å². The summed E-state index contributed by atoms with van der Waals surface area (Å²) in [7, 11) is 0. The second-order valence-corrected chi connectivity index (χ2v) is 7.06. The Labute approximate surface area is 160 Å². The Balaban J connectivity index is 2.18. The van der Waals surface area contributed by atoms with Gasteiger partial charge in [-0.15, -0.1) is 24.5 Å². The lowest BCUT2D eigenvalue weighted by Crippen LogP contribution is -2.17. The van der Waals surface area contributed by atoms with Crippen molar-refractivity contribution in [3.63, 3.8) is 0 Å². The molecule has 0 unspecified atom stereocenters. The van der Waals surface area contributed by atoms with Gasteiger partial charge in [-0.05, 0) is 58.0 Å². The molecule has 1 aromatic carbocycles. The summed E-state index contributed by atoms with van der Waals surface area (Å²) in [5.41, 5.74) is 3.92. The van der Waals surface area contributed by atoms with E-state index in [1.54, 1.807) is 6.20 Å². The number of thiazole rings is 1. The monoisotopic (exact) mass is 395 g/mol. The molecule has 0 spiro atoms. The molecule has 0 saturated carbocycles. The molecule has 0 radical (unpaired) electrons. The highest BCUT2D eigenvalue weighted by Crippen LogP contribution is 2.24. The first-order chi connectivity index (χ1) is 12.6. The SMILES string of the molecule is CC(C)=CN=C(/C=C(\C)Nc1ccc(OC(F)(F)F)cc1)c1csc(C)n1. The molecule has 144 valence electrons. The molecule has 1 aromatic heterocycles. The predicted octanol–water partition coefficient (Wildman–Crippen LogP) is 6.08. The van der Waals surface area contributed by atoms with Crippen LogP contribution < -0.4 is 10.1 Å². The van der Waals surface area contributed by atoms with E-state index in [1.165, 1.54) is 35.6 Å². The number of aliphatic imine (C=N–C) groups is 1. The second-order valence-electron chi connectivity index (χ2n) is 6.00. The summed E-state index contributed by atoms with van der Waals surface area (Å²) in [4.78, 5) is 8.94. The number of aromatic nitrogens is 1. The largest absolute Gasteiger partial charge is 0.573 e. The van der Waals surface area contributed by atoms with E-state index in [1.807, 2.05) is 39.2 Å². The molecule has 0 aliphatic heterocycles. The average Bonchev–Trinajstić information content (AvgIpc) is 2.98. The summed E-state index contributed by atoms with van der Waals surface area (Å²) in [5, 5.41) is 5.99. The molecule has 0 saturated heterocycles. The normalized spacial score (nSPS) is 12.7. The van der Waals surface area contributed by atoms with Crippen LogP contribution in [0.25, 0.3) is 0 Å². The van der Waals surface area contributed by atoms with Crippen molar-refractivity contribution in [2.45, 2.75) is 34.1 Å². The number of nitrogens with zero attached hydrogens (tertiary/aromatic N) is 2. The number of anilines is 1. The van der Waals surface area contributed by atoms with E-state index in [4.69, 9.17) is 0 Å². The number of hydrogen-bond acceptors (Lipinski definition) is 5. The van der Waals surface area contributed by atoms with Crippen LogP contribution >= 0.6 is 11.3 Å². The number of halogens is 3. The molecule has 8 heteroatoms. The van der Waals surface area contributed by atoms with Crippen molar-refractivity contribution < 1.29 is 17.9 Å². The van der Waals surface area contributed by atoms with Gasteiger partial charge in [0.2, 0.25) is 0 Å². The number of alkyl halides is 3. The minimum Gasteiger partial charge on any atom is -0.406 e. The van der Waals surface area contributed by atoms with Gasteiger partial charge in [-0.1, -0.05) is 5.57 Å². The zero-order chi connectivity index (χ0) is 20.0. The Kier molecular flexibility index (Phi) is 6.79. The van der Waals surface area contributed by atoms with Crippen molar-refractivity contribution >= 4 is 22.7 Å². The maximum atomic E-state index is 12.2. The minimum atomic E-state index is -4.70. The molecule has 0 atom stereocenters. The van der Waals surface area contributed by atoms with E-state index in [-0.39, 0.29) is 5.75 Å². The van der Waals surface area contributed by atoms with Crippen molar-refractivity contribution in [2.24, 2.45) is 4.99 Å². The molecule has 4 nitrogen and oxygen atoms in total. The maximum absolute atomic E-state index is 12.2. The highest BCUT2D eigenvalue weighted by atomic mass is 32.1. The van der Waals surface area contributed by atoms with E-state index < -0.39 is 6.36 Å². The van der Waals surface area contributed by atoms with Crippen LogP contribution in [0.4, 0.5) is 18.9 Å². The van der Waals surface area contributed by atoms with Gasteiger partial charge in [0, 0.05) is 23.0 Å². The number of aryl methyl sites for hydroxylation is 1. The fourth-order valence-electron chi connectivity index (χ4n) is 2.07. The van der Waals surface area contributed by atoms with Gasteiger partial charge in [-0.25, -0.2) is 4.98 Å². The van der Waals surface area contributed by atoms with Gasteiger partial charge in [-0.2, -0.15) is 0 Å². The molecule has 1 N–H and O–H groups in total. The molecule has 0 bridgehead atoms. The Morgan fingerprint density at radius 2 is 1.85 bits per heavy atom. The number of rotatable bonds is 6. The van der Waals surface area contributed by atoms with E-state index >= 15 is 0 Å². The summed E-state index contributed by atoms with van der Waals surface area (Å²) < 4.78 is 40.5. The highest BCUT2D eigenvalue weighted by molar-refractivity contribution is 7.09. The Hall–Kier alpha value is -2.61. The summed E-state index contributed by atoms with van der Waals surface area (Å²) in [5.74, 6) is -0.265. The van der Waals surface area contributed by atoms with Crippen LogP contribution in [0, 0.1) is 6.92 Å². The summed E-state index contributed by atoms with van der Waals surface area (Å²) in [6.07, 6.45) is -1.10. The van der Waals surface area contributed by atoms with Crippen LogP contribution in [0.5, 0.6) is 5.75 Å². The van der Waals surface area contributed by atoms with Crippen LogP contribution in [0.15, 0.2) is 58.2 Å². The van der Waals surface area contributed by atoms with E-state index in [0.29, 0.717) is 11.4 Å². The molecule has 1 heterocycles. The standard InChI is InChI=1S/C19H20F3N3OS/c1-12(2)10-23-17(18-11-27-14(4)25-18)9-13(3)24-15-5-7-16(8-6-15)26-19(20,21)22/h5-11,24H,1-4H3/b13-9+,23-17?. The van der Waals surface area contributed by atoms with Crippen LogP contribution in [0.1, 0.15) is 31.5 Å². The molecule has 2 aromatic rings. The predicted molar refractivity (Wildman–Crippen MR) is 103 cm³/mol. The van der Waals surface area contributed by atoms with Gasteiger partial charge >= 0.3 is 6.36 Å². The number of benzene rings is 1. The van der Waals surface area contributed by atoms with Crippen LogP contribution in [-0.4, -0.2) is 17.1 Å². The first kappa shape index (κ1) is 20.7. The Morgan fingerprint density at radius 1 is 1.19 bits per heavy atom. The van der Waals surface area contributed by atoms with E-state index in [9.17, 15) is 13.2 Å². The van der Waals surface area contributed by atoms with Gasteiger partial charge in [0.25, 0.3) is 0 Å². The zero-order valence-electron chi connectivity index (χ0n) is 15.4. The summed E-state index contributed by atoms with van der Waals surface area (Å²) >= 11 is 1.54. The van der Waals surface area contributed by atoms with Crippen molar-refractivity contribution in [1.82, 2.24) is 4.98 Å². The van der Waals surface area contributed by atoms with Crippen LogP contribution in [0.3, 0.4) is 0 Å². The van der Waals surface area contributed by atoms with Crippen molar-refractivity contribution in [1.29, 1.82) is 0 Å². The fraction of sp³-hybridized carbons (Fsp3) is 0.263. The lowest BCUT2D eigenvalue weighted by atomic mass is 10.2. The van der Waals surface area contributed by atoms with Crippen LogP contribution in [-0.2, 0) is 0 Å². The number of allylic oxidation sites excluding steroid dienone is 3. The first-order valence-corrected chi connectivity index (χ1v) is 8.95.